The minimum atomic E-state index is -0.318. The third kappa shape index (κ3) is 3.33. The molecule has 4 rings (SSSR count). The van der Waals surface area contributed by atoms with Crippen LogP contribution in [0.15, 0.2) is 54.6 Å². The first-order valence-corrected chi connectivity index (χ1v) is 9.74. The molecule has 3 heteroatoms. The van der Waals surface area contributed by atoms with Crippen molar-refractivity contribution < 1.29 is 9.31 Å². The van der Waals surface area contributed by atoms with Gasteiger partial charge in [0.1, 0.15) is 0 Å². The van der Waals surface area contributed by atoms with Crippen LogP contribution in [0.1, 0.15) is 52.2 Å². The maximum atomic E-state index is 6.12. The van der Waals surface area contributed by atoms with Gasteiger partial charge in [0.05, 0.1) is 11.2 Å². The predicted molar refractivity (Wildman–Crippen MR) is 111 cm³/mol. The summed E-state index contributed by atoms with van der Waals surface area (Å²) in [5, 5.41) is 0. The molecule has 2 aromatic carbocycles. The summed E-state index contributed by atoms with van der Waals surface area (Å²) in [4.78, 5) is 0. The molecule has 1 saturated carbocycles. The fraction of sp³-hybridized carbons (Fsp3) is 0.417. The van der Waals surface area contributed by atoms with Gasteiger partial charge in [-0.2, -0.15) is 0 Å². The standard InChI is InChI=1S/C24H27BO2/c1-22(2)23(3,4)27-25(26-22)21-15-12-18(13-16-21)11-14-20-17-24(20,5)19-9-7-6-8-10-19/h6-10,12-13,15-16,20H,17H2,1-5H3/t20-,24+/m1/s1. The molecule has 1 heterocycles. The smallest absolute Gasteiger partial charge is 0.399 e. The normalized spacial score (nSPS) is 27.7. The number of hydrogen-bond acceptors (Lipinski definition) is 2. The van der Waals surface area contributed by atoms with E-state index in [9.17, 15) is 0 Å². The second-order valence-corrected chi connectivity index (χ2v) is 9.02. The molecule has 2 fully saturated rings. The molecule has 0 radical (unpaired) electrons. The van der Waals surface area contributed by atoms with Gasteiger partial charge in [-0.25, -0.2) is 0 Å². The van der Waals surface area contributed by atoms with Gasteiger partial charge in [0.15, 0.2) is 0 Å². The fourth-order valence-electron chi connectivity index (χ4n) is 3.59. The minimum absolute atomic E-state index is 0.205. The van der Waals surface area contributed by atoms with Crippen molar-refractivity contribution in [1.82, 2.24) is 0 Å². The zero-order valence-electron chi connectivity index (χ0n) is 16.9. The molecule has 2 atom stereocenters. The van der Waals surface area contributed by atoms with E-state index >= 15 is 0 Å². The van der Waals surface area contributed by atoms with Crippen LogP contribution in [0.25, 0.3) is 0 Å². The molecule has 0 bridgehead atoms. The highest BCUT2D eigenvalue weighted by Crippen LogP contribution is 2.53. The van der Waals surface area contributed by atoms with Crippen LogP contribution in [-0.4, -0.2) is 18.3 Å². The Labute approximate surface area is 163 Å². The molecule has 0 unspecified atom stereocenters. The molecule has 1 saturated heterocycles. The van der Waals surface area contributed by atoms with Crippen molar-refractivity contribution in [1.29, 1.82) is 0 Å². The van der Waals surface area contributed by atoms with Gasteiger partial charge in [-0.3, -0.25) is 0 Å². The first-order chi connectivity index (χ1) is 12.7. The Morgan fingerprint density at radius 1 is 0.852 bits per heavy atom. The van der Waals surface area contributed by atoms with Gasteiger partial charge in [-0.15, -0.1) is 0 Å². The van der Waals surface area contributed by atoms with Gasteiger partial charge < -0.3 is 9.31 Å². The number of hydrogen-bond donors (Lipinski definition) is 0. The average Bonchev–Trinajstić information content (AvgIpc) is 3.25. The van der Waals surface area contributed by atoms with Gasteiger partial charge in [0.25, 0.3) is 0 Å². The van der Waals surface area contributed by atoms with Crippen LogP contribution in [0.3, 0.4) is 0 Å². The summed E-state index contributed by atoms with van der Waals surface area (Å²) < 4.78 is 12.2. The largest absolute Gasteiger partial charge is 0.494 e. The Bertz CT molecular complexity index is 873. The highest BCUT2D eigenvalue weighted by atomic mass is 16.7. The molecule has 0 N–H and O–H groups in total. The zero-order chi connectivity index (χ0) is 19.3. The Morgan fingerprint density at radius 2 is 1.44 bits per heavy atom. The summed E-state index contributed by atoms with van der Waals surface area (Å²) in [6.07, 6.45) is 1.13. The van der Waals surface area contributed by atoms with Crippen LogP contribution >= 0.6 is 0 Å². The first kappa shape index (κ1) is 18.4. The molecule has 138 valence electrons. The lowest BCUT2D eigenvalue weighted by Gasteiger charge is -2.32. The van der Waals surface area contributed by atoms with E-state index < -0.39 is 0 Å². The van der Waals surface area contributed by atoms with E-state index in [4.69, 9.17) is 9.31 Å². The predicted octanol–water partition coefficient (Wildman–Crippen LogP) is 4.32. The third-order valence-electron chi connectivity index (χ3n) is 6.50. The Morgan fingerprint density at radius 3 is 2.04 bits per heavy atom. The van der Waals surface area contributed by atoms with E-state index in [1.165, 1.54) is 5.56 Å². The summed E-state index contributed by atoms with van der Waals surface area (Å²) in [5.41, 5.74) is 3.04. The summed E-state index contributed by atoms with van der Waals surface area (Å²) in [6, 6.07) is 19.0. The second-order valence-electron chi connectivity index (χ2n) is 9.02. The van der Waals surface area contributed by atoms with E-state index in [1.54, 1.807) is 0 Å². The molecule has 2 nitrogen and oxygen atoms in total. The van der Waals surface area contributed by atoms with E-state index in [1.807, 2.05) is 0 Å². The van der Waals surface area contributed by atoms with Crippen LogP contribution in [0.2, 0.25) is 0 Å². The average molecular weight is 358 g/mol. The molecule has 2 aliphatic rings. The molecule has 1 aliphatic carbocycles. The Hall–Kier alpha value is -2.02. The number of benzene rings is 2. The van der Waals surface area contributed by atoms with Crippen molar-refractivity contribution in [2.45, 2.75) is 57.7 Å². The zero-order valence-corrected chi connectivity index (χ0v) is 16.9. The monoisotopic (exact) mass is 358 g/mol. The maximum absolute atomic E-state index is 6.12. The van der Waals surface area contributed by atoms with E-state index in [-0.39, 0.29) is 23.7 Å². The molecule has 0 amide bonds. The van der Waals surface area contributed by atoms with Gasteiger partial charge in [-0.1, -0.05) is 61.2 Å². The quantitative estimate of drug-likeness (QED) is 0.588. The van der Waals surface area contributed by atoms with Crippen molar-refractivity contribution in [2.24, 2.45) is 5.92 Å². The molecular formula is C24H27BO2. The number of rotatable bonds is 2. The topological polar surface area (TPSA) is 18.5 Å². The maximum Gasteiger partial charge on any atom is 0.494 e. The van der Waals surface area contributed by atoms with Crippen LogP contribution in [0, 0.1) is 17.8 Å². The molecule has 2 aromatic rings. The summed E-state index contributed by atoms with van der Waals surface area (Å²) in [6.45, 7) is 10.6. The molecule has 0 spiro atoms. The van der Waals surface area contributed by atoms with Crippen molar-refractivity contribution in [3.05, 3.63) is 65.7 Å². The Kier molecular flexibility index (Phi) is 4.26. The van der Waals surface area contributed by atoms with Gasteiger partial charge in [-0.05, 0) is 57.3 Å². The Balaban J connectivity index is 1.44. The van der Waals surface area contributed by atoms with E-state index in [2.05, 4.69) is 101 Å². The van der Waals surface area contributed by atoms with Crippen molar-refractivity contribution in [3.8, 4) is 11.8 Å². The lowest BCUT2D eigenvalue weighted by atomic mass is 9.79. The lowest BCUT2D eigenvalue weighted by molar-refractivity contribution is 0.00578. The van der Waals surface area contributed by atoms with Crippen LogP contribution < -0.4 is 5.46 Å². The van der Waals surface area contributed by atoms with E-state index in [0.717, 1.165) is 17.4 Å². The SMILES string of the molecule is CC1(C)OB(c2ccc(C#C[C@@H]3C[C@@]3(C)c3ccccc3)cc2)OC1(C)C. The first-order valence-electron chi connectivity index (χ1n) is 9.74. The van der Waals surface area contributed by atoms with E-state index in [0.29, 0.717) is 5.92 Å². The van der Waals surface area contributed by atoms with Gasteiger partial charge in [0.2, 0.25) is 0 Å². The molecule has 0 aromatic heterocycles. The highest BCUT2D eigenvalue weighted by molar-refractivity contribution is 6.62. The minimum Gasteiger partial charge on any atom is -0.399 e. The van der Waals surface area contributed by atoms with Crippen LogP contribution in [0.5, 0.6) is 0 Å². The summed E-state index contributed by atoms with van der Waals surface area (Å²) in [7, 11) is -0.318. The lowest BCUT2D eigenvalue weighted by Crippen LogP contribution is -2.41. The van der Waals surface area contributed by atoms with Crippen molar-refractivity contribution >= 4 is 12.6 Å². The fourth-order valence-corrected chi connectivity index (χ4v) is 3.59. The van der Waals surface area contributed by atoms with Crippen LogP contribution in [-0.2, 0) is 14.7 Å². The third-order valence-corrected chi connectivity index (χ3v) is 6.50. The molecular weight excluding hydrogens is 331 g/mol. The van der Waals surface area contributed by atoms with Crippen molar-refractivity contribution in [3.63, 3.8) is 0 Å². The van der Waals surface area contributed by atoms with Gasteiger partial charge >= 0.3 is 7.12 Å². The second kappa shape index (κ2) is 6.26. The molecule has 27 heavy (non-hydrogen) atoms. The summed E-state index contributed by atoms with van der Waals surface area (Å²) in [5.74, 6) is 7.25. The summed E-state index contributed by atoms with van der Waals surface area (Å²) >= 11 is 0. The highest BCUT2D eigenvalue weighted by Gasteiger charge is 2.52. The van der Waals surface area contributed by atoms with Crippen molar-refractivity contribution in [2.75, 3.05) is 0 Å². The van der Waals surface area contributed by atoms with Crippen LogP contribution in [0.4, 0.5) is 0 Å². The molecule has 1 aliphatic heterocycles. The van der Waals surface area contributed by atoms with Gasteiger partial charge in [0, 0.05) is 16.9 Å².